The Morgan fingerprint density at radius 2 is 2.18 bits per heavy atom. The maximum atomic E-state index is 13.3. The van der Waals surface area contributed by atoms with Crippen LogP contribution in [0.15, 0.2) is 36.5 Å². The molecule has 0 aliphatic heterocycles. The first-order valence-corrected chi connectivity index (χ1v) is 5.02. The molecule has 17 heavy (non-hydrogen) atoms. The van der Waals surface area contributed by atoms with Crippen molar-refractivity contribution < 1.29 is 9.18 Å². The molecule has 4 nitrogen and oxygen atoms in total. The topological polar surface area (TPSA) is 54.9 Å². The molecular weight excluding hydrogens is 221 g/mol. The van der Waals surface area contributed by atoms with Crippen LogP contribution >= 0.6 is 0 Å². The number of rotatable bonds is 2. The second-order valence-corrected chi connectivity index (χ2v) is 3.36. The van der Waals surface area contributed by atoms with Crippen LogP contribution in [-0.4, -0.2) is 22.9 Å². The molecule has 0 atom stereocenters. The predicted octanol–water partition coefficient (Wildman–Crippen LogP) is 1.64. The average molecular weight is 231 g/mol. The molecule has 86 valence electrons. The Balaban J connectivity index is 2.49. The molecule has 0 saturated carbocycles. The van der Waals surface area contributed by atoms with Gasteiger partial charge in [0.1, 0.15) is 5.69 Å². The van der Waals surface area contributed by atoms with Crippen molar-refractivity contribution >= 4 is 5.91 Å². The van der Waals surface area contributed by atoms with Crippen molar-refractivity contribution in [3.8, 4) is 11.3 Å². The fourth-order valence-electron chi connectivity index (χ4n) is 1.42. The number of hydrogen-bond acceptors (Lipinski definition) is 3. The highest BCUT2D eigenvalue weighted by Crippen LogP contribution is 2.17. The third-order valence-electron chi connectivity index (χ3n) is 2.21. The average Bonchev–Trinajstić information content (AvgIpc) is 2.38. The van der Waals surface area contributed by atoms with E-state index in [9.17, 15) is 9.18 Å². The Labute approximate surface area is 97.5 Å². The lowest BCUT2D eigenvalue weighted by atomic mass is 10.1. The lowest BCUT2D eigenvalue weighted by Crippen LogP contribution is -2.19. The largest absolute Gasteiger partial charge is 0.354 e. The minimum absolute atomic E-state index is 0.0353. The zero-order valence-corrected chi connectivity index (χ0v) is 9.14. The fourth-order valence-corrected chi connectivity index (χ4v) is 1.42. The van der Waals surface area contributed by atoms with Crippen LogP contribution in [0, 0.1) is 5.95 Å². The molecule has 0 aromatic carbocycles. The van der Waals surface area contributed by atoms with Gasteiger partial charge in [0, 0.05) is 24.9 Å². The van der Waals surface area contributed by atoms with E-state index in [1.807, 2.05) is 0 Å². The Bertz CT molecular complexity index is 543. The first-order valence-electron chi connectivity index (χ1n) is 5.02. The molecule has 2 heterocycles. The summed E-state index contributed by atoms with van der Waals surface area (Å²) in [6.07, 6.45) is 1.60. The minimum Gasteiger partial charge on any atom is -0.354 e. The maximum Gasteiger partial charge on any atom is 0.269 e. The molecule has 0 saturated heterocycles. The molecule has 5 heteroatoms. The number of nitrogens with one attached hydrogen (secondary N) is 1. The third kappa shape index (κ3) is 2.44. The molecule has 0 aliphatic carbocycles. The van der Waals surface area contributed by atoms with Crippen molar-refractivity contribution in [2.75, 3.05) is 7.05 Å². The number of halogens is 1. The van der Waals surface area contributed by atoms with Gasteiger partial charge >= 0.3 is 0 Å². The van der Waals surface area contributed by atoms with Crippen LogP contribution in [0.2, 0.25) is 0 Å². The zero-order valence-electron chi connectivity index (χ0n) is 9.14. The van der Waals surface area contributed by atoms with Crippen molar-refractivity contribution in [1.29, 1.82) is 0 Å². The molecule has 0 unspecified atom stereocenters. The monoisotopic (exact) mass is 231 g/mol. The number of carbonyl (C=O) groups excluding carboxylic acids is 1. The molecule has 2 aromatic heterocycles. The lowest BCUT2D eigenvalue weighted by Gasteiger charge is -2.03. The molecule has 0 bridgehead atoms. The number of aromatic nitrogens is 2. The second-order valence-electron chi connectivity index (χ2n) is 3.36. The van der Waals surface area contributed by atoms with Crippen molar-refractivity contribution in [3.63, 3.8) is 0 Å². The highest BCUT2D eigenvalue weighted by molar-refractivity contribution is 5.93. The summed E-state index contributed by atoms with van der Waals surface area (Å²) in [5, 5.41) is 2.40. The molecule has 0 spiro atoms. The van der Waals surface area contributed by atoms with Gasteiger partial charge in [-0.25, -0.2) is 4.98 Å². The summed E-state index contributed by atoms with van der Waals surface area (Å²) < 4.78 is 13.3. The highest BCUT2D eigenvalue weighted by atomic mass is 19.1. The fraction of sp³-hybridized carbons (Fsp3) is 0.0833. The zero-order chi connectivity index (χ0) is 12.3. The van der Waals surface area contributed by atoms with Crippen LogP contribution in [0.3, 0.4) is 0 Å². The van der Waals surface area contributed by atoms with Gasteiger partial charge in [0.05, 0.1) is 5.69 Å². The summed E-state index contributed by atoms with van der Waals surface area (Å²) in [5.41, 5.74) is 1.16. The Morgan fingerprint density at radius 1 is 1.35 bits per heavy atom. The van der Waals surface area contributed by atoms with Crippen LogP contribution in [-0.2, 0) is 0 Å². The van der Waals surface area contributed by atoms with E-state index in [0.717, 1.165) is 0 Å². The predicted molar refractivity (Wildman–Crippen MR) is 60.8 cm³/mol. The Morgan fingerprint density at radius 3 is 2.82 bits per heavy atom. The summed E-state index contributed by atoms with van der Waals surface area (Å²) in [7, 11) is 1.47. The smallest absolute Gasteiger partial charge is 0.269 e. The van der Waals surface area contributed by atoms with Gasteiger partial charge in [0.15, 0.2) is 0 Å². The first kappa shape index (κ1) is 11.2. The van der Waals surface area contributed by atoms with Crippen LogP contribution in [0.4, 0.5) is 4.39 Å². The summed E-state index contributed by atoms with van der Waals surface area (Å²) in [6, 6.07) is 8.04. The van der Waals surface area contributed by atoms with Gasteiger partial charge in [-0.3, -0.25) is 9.78 Å². The first-order chi connectivity index (χ1) is 8.20. The minimum atomic E-state index is -0.702. The molecule has 1 N–H and O–H groups in total. The molecular formula is C12H10FN3O. The van der Waals surface area contributed by atoms with E-state index in [1.165, 1.54) is 19.2 Å². The number of amides is 1. The number of pyridine rings is 2. The van der Waals surface area contributed by atoms with Gasteiger partial charge in [-0.2, -0.15) is 4.39 Å². The van der Waals surface area contributed by atoms with Crippen LogP contribution < -0.4 is 5.32 Å². The molecule has 2 aromatic rings. The van der Waals surface area contributed by atoms with Crippen LogP contribution in [0.5, 0.6) is 0 Å². The SMILES string of the molecule is CNC(=O)c1cc(-c2ccccn2)cc(F)n1. The quantitative estimate of drug-likeness (QED) is 0.799. The van der Waals surface area contributed by atoms with Crippen molar-refractivity contribution in [2.45, 2.75) is 0 Å². The molecule has 2 rings (SSSR count). The van der Waals surface area contributed by atoms with Crippen LogP contribution in [0.25, 0.3) is 11.3 Å². The maximum absolute atomic E-state index is 13.3. The van der Waals surface area contributed by atoms with Crippen molar-refractivity contribution in [3.05, 3.63) is 48.2 Å². The van der Waals surface area contributed by atoms with Gasteiger partial charge in [-0.05, 0) is 18.2 Å². The van der Waals surface area contributed by atoms with E-state index in [0.29, 0.717) is 11.3 Å². The lowest BCUT2D eigenvalue weighted by molar-refractivity contribution is 0.0957. The van der Waals surface area contributed by atoms with Crippen LogP contribution in [0.1, 0.15) is 10.5 Å². The van der Waals surface area contributed by atoms with E-state index < -0.39 is 11.9 Å². The van der Waals surface area contributed by atoms with E-state index in [1.54, 1.807) is 24.4 Å². The number of carbonyl (C=O) groups is 1. The Kier molecular flexibility index (Phi) is 3.09. The number of hydrogen-bond donors (Lipinski definition) is 1. The Hall–Kier alpha value is -2.30. The van der Waals surface area contributed by atoms with Gasteiger partial charge < -0.3 is 5.32 Å². The van der Waals surface area contributed by atoms with E-state index in [2.05, 4.69) is 15.3 Å². The molecule has 1 amide bonds. The third-order valence-corrected chi connectivity index (χ3v) is 2.21. The summed E-state index contributed by atoms with van der Waals surface area (Å²) in [5.74, 6) is -1.13. The van der Waals surface area contributed by atoms with Gasteiger partial charge in [-0.15, -0.1) is 0 Å². The standard InChI is InChI=1S/C12H10FN3O/c1-14-12(17)10-6-8(7-11(13)16-10)9-4-2-3-5-15-9/h2-7H,1H3,(H,14,17). The summed E-state index contributed by atoms with van der Waals surface area (Å²) in [6.45, 7) is 0. The number of nitrogens with zero attached hydrogens (tertiary/aromatic N) is 2. The second kappa shape index (κ2) is 4.69. The summed E-state index contributed by atoms with van der Waals surface area (Å²) >= 11 is 0. The molecule has 0 aliphatic rings. The van der Waals surface area contributed by atoms with Gasteiger partial charge in [-0.1, -0.05) is 6.07 Å². The molecule has 0 fully saturated rings. The van der Waals surface area contributed by atoms with Gasteiger partial charge in [0.2, 0.25) is 5.95 Å². The van der Waals surface area contributed by atoms with Crippen molar-refractivity contribution in [2.24, 2.45) is 0 Å². The normalized spacial score (nSPS) is 10.0. The highest BCUT2D eigenvalue weighted by Gasteiger charge is 2.10. The van der Waals surface area contributed by atoms with E-state index in [-0.39, 0.29) is 5.69 Å². The van der Waals surface area contributed by atoms with E-state index in [4.69, 9.17) is 0 Å². The van der Waals surface area contributed by atoms with E-state index >= 15 is 0 Å². The molecule has 0 radical (unpaired) electrons. The van der Waals surface area contributed by atoms with Crippen molar-refractivity contribution in [1.82, 2.24) is 15.3 Å². The van der Waals surface area contributed by atoms with Gasteiger partial charge in [0.25, 0.3) is 5.91 Å². The summed E-state index contributed by atoms with van der Waals surface area (Å²) in [4.78, 5) is 19.0.